The number of halogens is 5. The second-order valence-corrected chi connectivity index (χ2v) is 9.13. The topological polar surface area (TPSA) is 106 Å². The number of nitrogens with one attached hydrogen (secondary N) is 1. The highest BCUT2D eigenvalue weighted by molar-refractivity contribution is 8.15. The van der Waals surface area contributed by atoms with E-state index >= 15 is 0 Å². The molecule has 3 aromatic rings. The molecule has 1 aromatic heterocycles. The number of carbonyl (C=O) groups excluding carboxylic acids is 1. The van der Waals surface area contributed by atoms with Crippen molar-refractivity contribution in [3.63, 3.8) is 0 Å². The van der Waals surface area contributed by atoms with Crippen LogP contribution in [0.25, 0.3) is 0 Å². The van der Waals surface area contributed by atoms with Gasteiger partial charge in [0.2, 0.25) is 11.8 Å². The third-order valence-electron chi connectivity index (χ3n) is 4.80. The summed E-state index contributed by atoms with van der Waals surface area (Å²) in [5, 5.41) is 12.7. The highest BCUT2D eigenvalue weighted by atomic mass is 35.5. The van der Waals surface area contributed by atoms with Crippen LogP contribution in [0, 0.1) is 0 Å². The molecule has 190 valence electrons. The molecule has 0 aliphatic carbocycles. The number of alkyl halides is 3. The number of amides is 1. The standard InChI is InChI=1S/C22H17Cl2F3N4O4S/c1-30-19(33)17(20(34)31(2)21(30)35)18(29-12-5-3-11(23)4-6-12)36-10-16(32)28-13-7-8-15(24)14(9-13)22(25,26)27/h3-9,33H,10H2,1-2H3,(H,28,32). The minimum absolute atomic E-state index is 0.103. The van der Waals surface area contributed by atoms with Crippen LogP contribution in [0.2, 0.25) is 10.0 Å². The highest BCUT2D eigenvalue weighted by Gasteiger charge is 2.33. The Hall–Kier alpha value is -3.22. The third-order valence-corrected chi connectivity index (χ3v) is 6.36. The molecular formula is C22H17Cl2F3N4O4S. The van der Waals surface area contributed by atoms with E-state index in [0.717, 1.165) is 27.0 Å². The second-order valence-electron chi connectivity index (χ2n) is 7.33. The maximum atomic E-state index is 13.1. The van der Waals surface area contributed by atoms with Crippen molar-refractivity contribution in [1.82, 2.24) is 9.13 Å². The van der Waals surface area contributed by atoms with Gasteiger partial charge in [0.1, 0.15) is 10.6 Å². The van der Waals surface area contributed by atoms with Crippen LogP contribution in [0.3, 0.4) is 0 Å². The second kappa shape index (κ2) is 10.8. The largest absolute Gasteiger partial charge is 0.494 e. The van der Waals surface area contributed by atoms with Crippen molar-refractivity contribution in [2.75, 3.05) is 11.1 Å². The van der Waals surface area contributed by atoms with E-state index in [9.17, 15) is 32.7 Å². The number of hydrogen-bond acceptors (Lipinski definition) is 6. The molecule has 0 spiro atoms. The average molecular weight is 561 g/mol. The first-order chi connectivity index (χ1) is 16.8. The van der Waals surface area contributed by atoms with Gasteiger partial charge in [-0.25, -0.2) is 9.79 Å². The number of aromatic hydroxyl groups is 1. The molecule has 0 bridgehead atoms. The van der Waals surface area contributed by atoms with Crippen LogP contribution < -0.4 is 16.6 Å². The summed E-state index contributed by atoms with van der Waals surface area (Å²) in [5.74, 6) is -1.79. The number of anilines is 1. The summed E-state index contributed by atoms with van der Waals surface area (Å²) in [7, 11) is 2.46. The summed E-state index contributed by atoms with van der Waals surface area (Å²) in [6.07, 6.45) is -4.72. The Morgan fingerprint density at radius 1 is 1.08 bits per heavy atom. The first-order valence-electron chi connectivity index (χ1n) is 9.92. The van der Waals surface area contributed by atoms with Crippen LogP contribution >= 0.6 is 35.0 Å². The Labute approximate surface area is 216 Å². The molecule has 2 aromatic carbocycles. The van der Waals surface area contributed by atoms with Gasteiger partial charge in [-0.3, -0.25) is 18.7 Å². The number of rotatable bonds is 5. The molecule has 1 heterocycles. The van der Waals surface area contributed by atoms with Crippen molar-refractivity contribution < 1.29 is 23.1 Å². The SMILES string of the molecule is Cn1c(O)c(C(=Nc2ccc(Cl)cc2)SCC(=O)Nc2ccc(Cl)c(C(F)(F)F)c2)c(=O)n(C)c1=O. The minimum Gasteiger partial charge on any atom is -0.494 e. The number of benzene rings is 2. The molecule has 0 unspecified atom stereocenters. The quantitative estimate of drug-likeness (QED) is 0.351. The number of hydrogen-bond donors (Lipinski definition) is 2. The number of nitrogens with zero attached hydrogens (tertiary/aromatic N) is 3. The van der Waals surface area contributed by atoms with Crippen LogP contribution in [0.4, 0.5) is 24.5 Å². The van der Waals surface area contributed by atoms with E-state index in [1.165, 1.54) is 44.4 Å². The van der Waals surface area contributed by atoms with Gasteiger partial charge >= 0.3 is 11.9 Å². The number of aromatic nitrogens is 2. The minimum atomic E-state index is -4.72. The maximum Gasteiger partial charge on any atom is 0.417 e. The molecule has 2 N–H and O–H groups in total. The van der Waals surface area contributed by atoms with Gasteiger partial charge in [0.15, 0.2) is 0 Å². The Morgan fingerprint density at radius 3 is 2.33 bits per heavy atom. The zero-order chi connectivity index (χ0) is 26.8. The van der Waals surface area contributed by atoms with Gasteiger partial charge < -0.3 is 10.4 Å². The summed E-state index contributed by atoms with van der Waals surface area (Å²) >= 11 is 12.2. The molecule has 36 heavy (non-hydrogen) atoms. The first-order valence-corrected chi connectivity index (χ1v) is 11.7. The predicted octanol–water partition coefficient (Wildman–Crippen LogP) is 4.57. The molecule has 0 fully saturated rings. The first kappa shape index (κ1) is 27.4. The van der Waals surface area contributed by atoms with Gasteiger partial charge in [-0.15, -0.1) is 0 Å². The van der Waals surface area contributed by atoms with Crippen LogP contribution in [-0.2, 0) is 25.1 Å². The van der Waals surface area contributed by atoms with E-state index in [1.807, 2.05) is 0 Å². The molecule has 3 rings (SSSR count). The molecular weight excluding hydrogens is 544 g/mol. The van der Waals surface area contributed by atoms with E-state index in [0.29, 0.717) is 16.8 Å². The number of aliphatic imine (C=N–C) groups is 1. The van der Waals surface area contributed by atoms with Gasteiger partial charge in [0.05, 0.1) is 22.0 Å². The maximum absolute atomic E-state index is 13.1. The fourth-order valence-electron chi connectivity index (χ4n) is 2.97. The van der Waals surface area contributed by atoms with E-state index < -0.39 is 45.6 Å². The van der Waals surface area contributed by atoms with Crippen molar-refractivity contribution in [3.05, 3.63) is 84.5 Å². The summed E-state index contributed by atoms with van der Waals surface area (Å²) in [5.41, 5.74) is -2.90. The summed E-state index contributed by atoms with van der Waals surface area (Å²) in [6, 6.07) is 9.03. The zero-order valence-corrected chi connectivity index (χ0v) is 20.9. The Kier molecular flexibility index (Phi) is 8.22. The fourth-order valence-corrected chi connectivity index (χ4v) is 4.15. The lowest BCUT2D eigenvalue weighted by Gasteiger charge is -2.13. The normalized spacial score (nSPS) is 12.0. The van der Waals surface area contributed by atoms with Crippen molar-refractivity contribution in [1.29, 1.82) is 0 Å². The van der Waals surface area contributed by atoms with Crippen LogP contribution in [0.1, 0.15) is 11.1 Å². The predicted molar refractivity (Wildman–Crippen MR) is 134 cm³/mol. The number of carbonyl (C=O) groups is 1. The van der Waals surface area contributed by atoms with Gasteiger partial charge in [-0.05, 0) is 42.5 Å². The van der Waals surface area contributed by atoms with E-state index in [-0.39, 0.29) is 16.3 Å². The van der Waals surface area contributed by atoms with Crippen LogP contribution in [0.5, 0.6) is 5.88 Å². The summed E-state index contributed by atoms with van der Waals surface area (Å²) < 4.78 is 40.9. The summed E-state index contributed by atoms with van der Waals surface area (Å²) in [4.78, 5) is 41.8. The molecule has 0 radical (unpaired) electrons. The summed E-state index contributed by atoms with van der Waals surface area (Å²) in [6.45, 7) is 0. The number of thioether (sulfide) groups is 1. The average Bonchev–Trinajstić information content (AvgIpc) is 2.81. The molecule has 0 saturated heterocycles. The Balaban J connectivity index is 1.95. The lowest BCUT2D eigenvalue weighted by Crippen LogP contribution is -2.39. The van der Waals surface area contributed by atoms with E-state index in [2.05, 4.69) is 10.3 Å². The van der Waals surface area contributed by atoms with Crippen LogP contribution in [-0.4, -0.2) is 30.9 Å². The highest BCUT2D eigenvalue weighted by Crippen LogP contribution is 2.36. The lowest BCUT2D eigenvalue weighted by molar-refractivity contribution is -0.137. The van der Waals surface area contributed by atoms with Crippen molar-refractivity contribution >= 4 is 57.3 Å². The van der Waals surface area contributed by atoms with Crippen molar-refractivity contribution in [3.8, 4) is 5.88 Å². The fraction of sp³-hybridized carbons (Fsp3) is 0.182. The van der Waals surface area contributed by atoms with Crippen LogP contribution in [0.15, 0.2) is 57.0 Å². The van der Waals surface area contributed by atoms with E-state index in [1.54, 1.807) is 0 Å². The smallest absolute Gasteiger partial charge is 0.417 e. The van der Waals surface area contributed by atoms with Crippen molar-refractivity contribution in [2.24, 2.45) is 19.1 Å². The molecule has 0 aliphatic heterocycles. The third kappa shape index (κ3) is 6.12. The van der Waals surface area contributed by atoms with E-state index in [4.69, 9.17) is 23.2 Å². The Bertz CT molecular complexity index is 1470. The zero-order valence-electron chi connectivity index (χ0n) is 18.6. The van der Waals surface area contributed by atoms with Gasteiger partial charge in [-0.2, -0.15) is 13.2 Å². The van der Waals surface area contributed by atoms with Gasteiger partial charge in [0.25, 0.3) is 5.56 Å². The van der Waals surface area contributed by atoms with Crippen molar-refractivity contribution in [2.45, 2.75) is 6.18 Å². The Morgan fingerprint density at radius 2 is 1.72 bits per heavy atom. The molecule has 0 saturated carbocycles. The molecule has 1 amide bonds. The lowest BCUT2D eigenvalue weighted by atomic mass is 10.2. The molecule has 0 atom stereocenters. The molecule has 0 aliphatic rings. The molecule has 14 heteroatoms. The van der Waals surface area contributed by atoms with Gasteiger partial charge in [-0.1, -0.05) is 35.0 Å². The molecule has 8 nitrogen and oxygen atoms in total. The monoisotopic (exact) mass is 560 g/mol. The van der Waals surface area contributed by atoms with Gasteiger partial charge in [0, 0.05) is 24.8 Å².